The predicted molar refractivity (Wildman–Crippen MR) is 86.6 cm³/mol. The fourth-order valence-corrected chi connectivity index (χ4v) is 3.00. The number of nitrogens with one attached hydrogen (secondary N) is 1. The second-order valence-electron chi connectivity index (χ2n) is 4.96. The molecule has 0 unspecified atom stereocenters. The summed E-state index contributed by atoms with van der Waals surface area (Å²) in [4.78, 5) is 30.2. The standard InChI is InChI=1S/C16H15N3O2S/c1-11-10-19-15(21)13(9-18-16(19)22-11)14(20)17-8-7-12-5-3-2-4-6-12/h2-6,9-10H,7-8H2,1H3,(H,17,20). The maximum atomic E-state index is 12.3. The fourth-order valence-electron chi connectivity index (χ4n) is 2.21. The van der Waals surface area contributed by atoms with Gasteiger partial charge in [-0.15, -0.1) is 11.3 Å². The Balaban J connectivity index is 1.72. The zero-order valence-corrected chi connectivity index (χ0v) is 12.9. The highest BCUT2D eigenvalue weighted by Crippen LogP contribution is 2.12. The van der Waals surface area contributed by atoms with E-state index in [-0.39, 0.29) is 17.0 Å². The average molecular weight is 313 g/mol. The van der Waals surface area contributed by atoms with Crippen LogP contribution in [0.15, 0.2) is 47.5 Å². The molecule has 0 bridgehead atoms. The van der Waals surface area contributed by atoms with Gasteiger partial charge < -0.3 is 5.32 Å². The Morgan fingerprint density at radius 2 is 2.09 bits per heavy atom. The van der Waals surface area contributed by atoms with E-state index in [9.17, 15) is 9.59 Å². The van der Waals surface area contributed by atoms with Crippen molar-refractivity contribution in [1.29, 1.82) is 0 Å². The molecule has 0 aliphatic rings. The van der Waals surface area contributed by atoms with Crippen LogP contribution < -0.4 is 10.9 Å². The minimum Gasteiger partial charge on any atom is -0.351 e. The molecule has 2 heterocycles. The number of rotatable bonds is 4. The van der Waals surface area contributed by atoms with Crippen molar-refractivity contribution in [2.75, 3.05) is 6.54 Å². The van der Waals surface area contributed by atoms with E-state index in [1.165, 1.54) is 21.9 Å². The number of carbonyl (C=O) groups excluding carboxylic acids is 1. The molecule has 22 heavy (non-hydrogen) atoms. The highest BCUT2D eigenvalue weighted by molar-refractivity contribution is 7.16. The van der Waals surface area contributed by atoms with Crippen molar-refractivity contribution in [2.45, 2.75) is 13.3 Å². The maximum Gasteiger partial charge on any atom is 0.271 e. The Morgan fingerprint density at radius 1 is 1.32 bits per heavy atom. The lowest BCUT2D eigenvalue weighted by molar-refractivity contribution is 0.0952. The van der Waals surface area contributed by atoms with Gasteiger partial charge in [-0.05, 0) is 18.9 Å². The lowest BCUT2D eigenvalue weighted by Crippen LogP contribution is -2.32. The number of nitrogens with zero attached hydrogens (tertiary/aromatic N) is 2. The fraction of sp³-hybridized carbons (Fsp3) is 0.188. The van der Waals surface area contributed by atoms with Crippen molar-refractivity contribution in [3.63, 3.8) is 0 Å². The van der Waals surface area contributed by atoms with Crippen LogP contribution in [0.5, 0.6) is 0 Å². The second-order valence-corrected chi connectivity index (χ2v) is 6.18. The molecule has 0 aliphatic carbocycles. The average Bonchev–Trinajstić information content (AvgIpc) is 2.90. The van der Waals surface area contributed by atoms with Gasteiger partial charge in [0.25, 0.3) is 11.5 Å². The summed E-state index contributed by atoms with van der Waals surface area (Å²) in [6, 6.07) is 9.87. The third-order valence-electron chi connectivity index (χ3n) is 3.31. The normalized spacial score (nSPS) is 10.8. The summed E-state index contributed by atoms with van der Waals surface area (Å²) in [7, 11) is 0. The van der Waals surface area contributed by atoms with Gasteiger partial charge in [0.1, 0.15) is 5.56 Å². The van der Waals surface area contributed by atoms with Crippen molar-refractivity contribution in [1.82, 2.24) is 14.7 Å². The van der Waals surface area contributed by atoms with Crippen LogP contribution >= 0.6 is 11.3 Å². The van der Waals surface area contributed by atoms with Crippen LogP contribution in [0.25, 0.3) is 4.96 Å². The van der Waals surface area contributed by atoms with Gasteiger partial charge in [0, 0.05) is 23.8 Å². The van der Waals surface area contributed by atoms with Crippen LogP contribution in [0.1, 0.15) is 20.8 Å². The van der Waals surface area contributed by atoms with Crippen molar-refractivity contribution < 1.29 is 4.79 Å². The molecule has 5 nitrogen and oxygen atoms in total. The van der Waals surface area contributed by atoms with Crippen molar-refractivity contribution in [3.05, 3.63) is 69.1 Å². The number of aryl methyl sites for hydroxylation is 1. The molecular formula is C16H15N3O2S. The summed E-state index contributed by atoms with van der Waals surface area (Å²) in [5.41, 5.74) is 0.886. The summed E-state index contributed by atoms with van der Waals surface area (Å²) in [5, 5.41) is 2.77. The largest absolute Gasteiger partial charge is 0.351 e. The molecule has 112 valence electrons. The van der Waals surface area contributed by atoms with Crippen LogP contribution in [-0.4, -0.2) is 21.8 Å². The second kappa shape index (κ2) is 6.11. The van der Waals surface area contributed by atoms with Crippen LogP contribution in [0.3, 0.4) is 0 Å². The molecule has 3 aromatic rings. The maximum absolute atomic E-state index is 12.3. The first-order valence-corrected chi connectivity index (χ1v) is 7.77. The van der Waals surface area contributed by atoms with Gasteiger partial charge in [-0.25, -0.2) is 4.98 Å². The number of hydrogen-bond acceptors (Lipinski definition) is 4. The van der Waals surface area contributed by atoms with Crippen LogP contribution in [0.2, 0.25) is 0 Å². The zero-order valence-electron chi connectivity index (χ0n) is 12.1. The highest BCUT2D eigenvalue weighted by atomic mass is 32.1. The molecule has 3 rings (SSSR count). The Labute approximate surface area is 131 Å². The summed E-state index contributed by atoms with van der Waals surface area (Å²) in [5.74, 6) is -0.383. The number of fused-ring (bicyclic) bond motifs is 1. The third-order valence-corrected chi connectivity index (χ3v) is 4.22. The van der Waals surface area contributed by atoms with Gasteiger partial charge in [-0.1, -0.05) is 30.3 Å². The van der Waals surface area contributed by atoms with Gasteiger partial charge in [-0.3, -0.25) is 14.0 Å². The quantitative estimate of drug-likeness (QED) is 0.801. The Hall–Kier alpha value is -2.47. The van der Waals surface area contributed by atoms with Gasteiger partial charge in [-0.2, -0.15) is 0 Å². The molecule has 6 heteroatoms. The van der Waals surface area contributed by atoms with Crippen molar-refractivity contribution in [3.8, 4) is 0 Å². The first-order valence-electron chi connectivity index (χ1n) is 6.95. The van der Waals surface area contributed by atoms with E-state index in [1.54, 1.807) is 6.20 Å². The van der Waals surface area contributed by atoms with Gasteiger partial charge in [0.2, 0.25) is 0 Å². The van der Waals surface area contributed by atoms with Crippen LogP contribution in [-0.2, 0) is 6.42 Å². The molecular weight excluding hydrogens is 298 g/mol. The molecule has 2 aromatic heterocycles. The summed E-state index contributed by atoms with van der Waals surface area (Å²) in [6.07, 6.45) is 3.78. The zero-order chi connectivity index (χ0) is 15.5. The number of aromatic nitrogens is 2. The number of carbonyl (C=O) groups is 1. The van der Waals surface area contributed by atoms with Crippen molar-refractivity contribution >= 4 is 22.2 Å². The Bertz CT molecular complexity index is 868. The van der Waals surface area contributed by atoms with E-state index in [0.29, 0.717) is 11.5 Å². The van der Waals surface area contributed by atoms with Crippen molar-refractivity contribution in [2.24, 2.45) is 0 Å². The van der Waals surface area contributed by atoms with E-state index in [2.05, 4.69) is 10.3 Å². The molecule has 1 N–H and O–H groups in total. The van der Waals surface area contributed by atoms with E-state index in [0.717, 1.165) is 16.9 Å². The number of benzene rings is 1. The Kier molecular flexibility index (Phi) is 4.02. The molecule has 0 fully saturated rings. The molecule has 1 aromatic carbocycles. The predicted octanol–water partition coefficient (Wildman–Crippen LogP) is 2.04. The van der Waals surface area contributed by atoms with Gasteiger partial charge in [0.05, 0.1) is 0 Å². The van der Waals surface area contributed by atoms with E-state index in [1.807, 2.05) is 37.3 Å². The molecule has 0 atom stereocenters. The molecule has 0 radical (unpaired) electrons. The SMILES string of the molecule is Cc1cn2c(=O)c(C(=O)NCCc3ccccc3)cnc2s1. The van der Waals surface area contributed by atoms with Gasteiger partial charge >= 0.3 is 0 Å². The lowest BCUT2D eigenvalue weighted by atomic mass is 10.1. The highest BCUT2D eigenvalue weighted by Gasteiger charge is 2.13. The summed E-state index contributed by atoms with van der Waals surface area (Å²) >= 11 is 1.42. The number of hydrogen-bond donors (Lipinski definition) is 1. The smallest absolute Gasteiger partial charge is 0.271 e. The first kappa shape index (κ1) is 14.5. The third kappa shape index (κ3) is 2.92. The van der Waals surface area contributed by atoms with E-state index < -0.39 is 0 Å². The van der Waals surface area contributed by atoms with Crippen LogP contribution in [0, 0.1) is 6.92 Å². The molecule has 0 saturated heterocycles. The molecule has 0 spiro atoms. The number of amides is 1. The molecule has 0 aliphatic heterocycles. The molecule has 1 amide bonds. The summed E-state index contributed by atoms with van der Waals surface area (Å²) < 4.78 is 1.42. The minimum atomic E-state index is -0.383. The van der Waals surface area contributed by atoms with E-state index in [4.69, 9.17) is 0 Å². The minimum absolute atomic E-state index is 0.0726. The van der Waals surface area contributed by atoms with Crippen LogP contribution in [0.4, 0.5) is 0 Å². The topological polar surface area (TPSA) is 63.5 Å². The Morgan fingerprint density at radius 3 is 2.86 bits per heavy atom. The number of thiazole rings is 1. The van der Waals surface area contributed by atoms with Gasteiger partial charge in [0.15, 0.2) is 4.96 Å². The summed E-state index contributed by atoms with van der Waals surface area (Å²) in [6.45, 7) is 2.38. The molecule has 0 saturated carbocycles. The monoisotopic (exact) mass is 313 g/mol. The van der Waals surface area contributed by atoms with E-state index >= 15 is 0 Å². The first-order chi connectivity index (χ1) is 10.6. The lowest BCUT2D eigenvalue weighted by Gasteiger charge is -2.05.